The van der Waals surface area contributed by atoms with Crippen molar-refractivity contribution < 1.29 is 18.1 Å². The third-order valence-corrected chi connectivity index (χ3v) is 8.11. The standard InChI is InChI=1S/C16H20N4O3S2.C6H4BrF/c1-2-23-16(21)12-8-18-14(15-17-5-6-24-15)20-9-10(7-13(12)20)19-25(22)11-3-4-11;7-5-2-1-3-6(8)4-5/h5-6,10-11,19H,2-4,7-9H2,1H3;1-4H. The number of nitrogens with one attached hydrogen (secondary N) is 1. The molecular formula is C22H24BrFN4O3S2. The highest BCUT2D eigenvalue weighted by molar-refractivity contribution is 9.10. The van der Waals surface area contributed by atoms with Gasteiger partial charge in [0.05, 0.1) is 29.7 Å². The normalized spacial score (nSPS) is 20.5. The molecule has 0 amide bonds. The van der Waals surface area contributed by atoms with Crippen LogP contribution in [-0.2, 0) is 20.5 Å². The van der Waals surface area contributed by atoms with Crippen LogP contribution in [0, 0.1) is 5.82 Å². The fourth-order valence-corrected chi connectivity index (χ4v) is 5.84. The molecule has 1 aromatic carbocycles. The highest BCUT2D eigenvalue weighted by Gasteiger charge is 2.39. The number of benzene rings is 1. The molecule has 1 saturated carbocycles. The highest BCUT2D eigenvalue weighted by Crippen LogP contribution is 2.33. The Hall–Kier alpha value is -1.95. The molecule has 1 aromatic heterocycles. The molecule has 0 radical (unpaired) electrons. The minimum Gasteiger partial charge on any atom is -0.463 e. The zero-order valence-corrected chi connectivity index (χ0v) is 21.2. The van der Waals surface area contributed by atoms with Gasteiger partial charge in [-0.25, -0.2) is 23.1 Å². The fourth-order valence-electron chi connectivity index (χ4n) is 3.57. The quantitative estimate of drug-likeness (QED) is 0.549. The van der Waals surface area contributed by atoms with Crippen molar-refractivity contribution in [3.05, 3.63) is 62.4 Å². The summed E-state index contributed by atoms with van der Waals surface area (Å²) in [6.45, 7) is 3.07. The molecule has 11 heteroatoms. The van der Waals surface area contributed by atoms with Crippen molar-refractivity contribution in [2.45, 2.75) is 37.5 Å². The number of thiazole rings is 1. The van der Waals surface area contributed by atoms with Crippen LogP contribution in [0.2, 0.25) is 0 Å². The zero-order valence-electron chi connectivity index (χ0n) is 18.0. The van der Waals surface area contributed by atoms with Crippen LogP contribution in [-0.4, -0.2) is 56.9 Å². The van der Waals surface area contributed by atoms with Gasteiger partial charge < -0.3 is 9.64 Å². The molecule has 0 spiro atoms. The van der Waals surface area contributed by atoms with Gasteiger partial charge in [-0.15, -0.1) is 11.3 Å². The van der Waals surface area contributed by atoms with Gasteiger partial charge in [-0.2, -0.15) is 0 Å². The second kappa shape index (κ2) is 11.0. The molecule has 2 unspecified atom stereocenters. The van der Waals surface area contributed by atoms with Gasteiger partial charge >= 0.3 is 5.97 Å². The van der Waals surface area contributed by atoms with Crippen LogP contribution in [0.15, 0.2) is 56.6 Å². The second-order valence-corrected chi connectivity index (χ2v) is 11.0. The molecule has 5 rings (SSSR count). The molecule has 2 fully saturated rings. The average Bonchev–Trinajstić information content (AvgIpc) is 3.33. The number of ether oxygens (including phenoxy) is 1. The minimum absolute atomic E-state index is 0.0316. The lowest BCUT2D eigenvalue weighted by Gasteiger charge is -2.26. The monoisotopic (exact) mass is 554 g/mol. The zero-order chi connectivity index (χ0) is 23.4. The molecule has 7 nitrogen and oxygen atoms in total. The molecule has 3 heterocycles. The number of aromatic nitrogens is 1. The minimum atomic E-state index is -1.01. The SMILES string of the molecule is CCOC(=O)C1=C2CC(NS(=O)C3CC3)CN2C(c2nccs2)=NC1.Fc1cccc(Br)c1. The molecule has 1 aliphatic carbocycles. The Morgan fingerprint density at radius 2 is 2.24 bits per heavy atom. The lowest BCUT2D eigenvalue weighted by Crippen LogP contribution is -2.38. The first-order valence-corrected chi connectivity index (χ1v) is 13.5. The lowest BCUT2D eigenvalue weighted by molar-refractivity contribution is -0.138. The van der Waals surface area contributed by atoms with Gasteiger partial charge in [0.2, 0.25) is 0 Å². The van der Waals surface area contributed by atoms with E-state index in [-0.39, 0.29) is 23.1 Å². The van der Waals surface area contributed by atoms with E-state index >= 15 is 0 Å². The summed E-state index contributed by atoms with van der Waals surface area (Å²) in [6.07, 6.45) is 4.45. The Morgan fingerprint density at radius 3 is 2.85 bits per heavy atom. The largest absolute Gasteiger partial charge is 0.463 e. The van der Waals surface area contributed by atoms with Crippen molar-refractivity contribution in [1.82, 2.24) is 14.6 Å². The van der Waals surface area contributed by atoms with Crippen LogP contribution in [0.5, 0.6) is 0 Å². The number of amidine groups is 1. The van der Waals surface area contributed by atoms with Crippen LogP contribution in [0.3, 0.4) is 0 Å². The maximum Gasteiger partial charge on any atom is 0.337 e. The molecule has 1 N–H and O–H groups in total. The Bertz CT molecular complexity index is 1070. The molecule has 2 aromatic rings. The van der Waals surface area contributed by atoms with Crippen molar-refractivity contribution in [3.63, 3.8) is 0 Å². The van der Waals surface area contributed by atoms with E-state index in [1.54, 1.807) is 25.3 Å². The number of nitrogens with zero attached hydrogens (tertiary/aromatic N) is 3. The summed E-state index contributed by atoms with van der Waals surface area (Å²) in [4.78, 5) is 23.3. The smallest absolute Gasteiger partial charge is 0.337 e. The number of hydrogen-bond acceptors (Lipinski definition) is 7. The number of rotatable bonds is 6. The van der Waals surface area contributed by atoms with Crippen molar-refractivity contribution in [1.29, 1.82) is 0 Å². The summed E-state index contributed by atoms with van der Waals surface area (Å²) in [5.74, 6) is 0.271. The van der Waals surface area contributed by atoms with Crippen LogP contribution in [0.1, 0.15) is 31.2 Å². The third-order valence-electron chi connectivity index (χ3n) is 5.20. The summed E-state index contributed by atoms with van der Waals surface area (Å²) in [7, 11) is -1.01. The van der Waals surface area contributed by atoms with Gasteiger partial charge in [0, 0.05) is 46.0 Å². The third kappa shape index (κ3) is 6.14. The van der Waals surface area contributed by atoms with Crippen molar-refractivity contribution in [2.75, 3.05) is 19.7 Å². The van der Waals surface area contributed by atoms with E-state index in [1.807, 2.05) is 10.3 Å². The summed E-state index contributed by atoms with van der Waals surface area (Å²) < 4.78 is 33.6. The first-order valence-electron chi connectivity index (χ1n) is 10.6. The number of esters is 1. The molecule has 1 saturated heterocycles. The topological polar surface area (TPSA) is 83.9 Å². The van der Waals surface area contributed by atoms with E-state index in [0.717, 1.165) is 33.9 Å². The van der Waals surface area contributed by atoms with Crippen molar-refractivity contribution in [2.24, 2.45) is 4.99 Å². The average molecular weight is 555 g/mol. The van der Waals surface area contributed by atoms with Crippen LogP contribution >= 0.6 is 27.3 Å². The maximum absolute atomic E-state index is 12.3. The Kier molecular flexibility index (Phi) is 8.05. The van der Waals surface area contributed by atoms with Crippen molar-refractivity contribution in [3.8, 4) is 0 Å². The molecule has 0 bridgehead atoms. The van der Waals surface area contributed by atoms with Gasteiger partial charge in [0.1, 0.15) is 5.82 Å². The van der Waals surface area contributed by atoms with Crippen LogP contribution in [0.4, 0.5) is 4.39 Å². The van der Waals surface area contributed by atoms with E-state index in [4.69, 9.17) is 4.74 Å². The number of carbonyl (C=O) groups is 1. The van der Waals surface area contributed by atoms with E-state index in [1.165, 1.54) is 23.5 Å². The molecular weight excluding hydrogens is 531 g/mol. The van der Waals surface area contributed by atoms with E-state index in [0.29, 0.717) is 31.7 Å². The van der Waals surface area contributed by atoms with Gasteiger partial charge in [0.15, 0.2) is 10.8 Å². The molecule has 2 aliphatic heterocycles. The van der Waals surface area contributed by atoms with Gasteiger partial charge in [-0.1, -0.05) is 22.0 Å². The Morgan fingerprint density at radius 1 is 1.42 bits per heavy atom. The number of carbonyl (C=O) groups excluding carboxylic acids is 1. The molecule has 2 atom stereocenters. The number of fused-ring (bicyclic) bond motifs is 1. The summed E-state index contributed by atoms with van der Waals surface area (Å²) in [6, 6.07) is 6.29. The van der Waals surface area contributed by atoms with Crippen LogP contribution < -0.4 is 4.72 Å². The molecule has 176 valence electrons. The van der Waals surface area contributed by atoms with Crippen LogP contribution in [0.25, 0.3) is 0 Å². The number of halogens is 2. The summed E-state index contributed by atoms with van der Waals surface area (Å²) >= 11 is 4.65. The van der Waals surface area contributed by atoms with Crippen molar-refractivity contribution >= 4 is 50.1 Å². The van der Waals surface area contributed by atoms with Gasteiger partial charge in [-0.3, -0.25) is 4.99 Å². The highest BCUT2D eigenvalue weighted by atomic mass is 79.9. The maximum atomic E-state index is 12.3. The van der Waals surface area contributed by atoms with Gasteiger partial charge in [-0.05, 0) is 38.0 Å². The lowest BCUT2D eigenvalue weighted by atomic mass is 10.1. The first-order chi connectivity index (χ1) is 16.0. The van der Waals surface area contributed by atoms with Gasteiger partial charge in [0.25, 0.3) is 0 Å². The Balaban J connectivity index is 0.000000275. The molecule has 3 aliphatic rings. The Labute approximate surface area is 206 Å². The number of hydrogen-bond donors (Lipinski definition) is 1. The first kappa shape index (κ1) is 24.2. The summed E-state index contributed by atoms with van der Waals surface area (Å²) in [5.41, 5.74) is 1.52. The summed E-state index contributed by atoms with van der Waals surface area (Å²) in [5, 5.41) is 3.03. The predicted molar refractivity (Wildman–Crippen MR) is 131 cm³/mol. The van der Waals surface area contributed by atoms with E-state index < -0.39 is 11.0 Å². The molecule has 33 heavy (non-hydrogen) atoms. The van der Waals surface area contributed by atoms with E-state index in [2.05, 4.69) is 30.6 Å². The number of aliphatic imine (C=N–C) groups is 1. The predicted octanol–water partition coefficient (Wildman–Crippen LogP) is 3.80. The fraction of sp³-hybridized carbons (Fsp3) is 0.409. The second-order valence-electron chi connectivity index (χ2n) is 7.69. The van der Waals surface area contributed by atoms with E-state index in [9.17, 15) is 13.4 Å².